The molecule has 2 aromatic carbocycles. The number of nitrogens with one attached hydrogen (secondary N) is 1. The van der Waals surface area contributed by atoms with Crippen LogP contribution < -0.4 is 5.32 Å². The van der Waals surface area contributed by atoms with Crippen LogP contribution in [-0.2, 0) is 6.54 Å². The number of nitro benzene ring substituents is 2. The fourth-order valence-electron chi connectivity index (χ4n) is 2.89. The van der Waals surface area contributed by atoms with Crippen LogP contribution in [0.15, 0.2) is 30.3 Å². The lowest BCUT2D eigenvalue weighted by atomic mass is 10.0. The fraction of sp³-hybridized carbons (Fsp3) is 0.316. The van der Waals surface area contributed by atoms with E-state index in [9.17, 15) is 30.1 Å². The zero-order valence-electron chi connectivity index (χ0n) is 16.3. The Morgan fingerprint density at radius 3 is 2.31 bits per heavy atom. The molecule has 1 amide bonds. The molecule has 0 spiro atoms. The Labute approximate surface area is 167 Å². The molecule has 0 saturated carbocycles. The van der Waals surface area contributed by atoms with E-state index < -0.39 is 27.1 Å². The van der Waals surface area contributed by atoms with Crippen LogP contribution in [0.1, 0.15) is 35.3 Å². The van der Waals surface area contributed by atoms with Gasteiger partial charge in [-0.25, -0.2) is 0 Å². The predicted molar refractivity (Wildman–Crippen MR) is 107 cm³/mol. The normalized spacial score (nSPS) is 10.8. The third kappa shape index (κ3) is 5.05. The number of rotatable bonds is 8. The summed E-state index contributed by atoms with van der Waals surface area (Å²) in [6, 6.07) is 6.37. The van der Waals surface area contributed by atoms with Gasteiger partial charge >= 0.3 is 0 Å². The summed E-state index contributed by atoms with van der Waals surface area (Å²) in [6.45, 7) is 7.38. The number of carbonyl (C=O) groups is 1. The Morgan fingerprint density at radius 1 is 1.10 bits per heavy atom. The lowest BCUT2D eigenvalue weighted by Gasteiger charge is -2.19. The van der Waals surface area contributed by atoms with Gasteiger partial charge in [-0.15, -0.1) is 0 Å². The molecule has 2 rings (SSSR count). The van der Waals surface area contributed by atoms with Crippen molar-refractivity contribution >= 4 is 23.0 Å². The van der Waals surface area contributed by atoms with Crippen LogP contribution in [0.5, 0.6) is 5.75 Å². The number of anilines is 1. The third-order valence-corrected chi connectivity index (χ3v) is 4.64. The van der Waals surface area contributed by atoms with Gasteiger partial charge in [-0.05, 0) is 38.2 Å². The Morgan fingerprint density at radius 2 is 1.76 bits per heavy atom. The number of phenolic OH excluding ortho intramolecular Hbond substituents is 1. The second kappa shape index (κ2) is 9.11. The largest absolute Gasteiger partial charge is 0.508 e. The Bertz CT molecular complexity index is 956. The molecule has 154 valence electrons. The minimum Gasteiger partial charge on any atom is -0.508 e. The van der Waals surface area contributed by atoms with Gasteiger partial charge in [-0.1, -0.05) is 13.8 Å². The summed E-state index contributed by atoms with van der Waals surface area (Å²) >= 11 is 0. The second-order valence-corrected chi connectivity index (χ2v) is 6.41. The van der Waals surface area contributed by atoms with Gasteiger partial charge in [-0.2, -0.15) is 0 Å². The topological polar surface area (TPSA) is 139 Å². The number of aromatic hydroxyl groups is 1. The van der Waals surface area contributed by atoms with Crippen LogP contribution >= 0.6 is 0 Å². The zero-order chi connectivity index (χ0) is 21.7. The molecule has 2 aromatic rings. The van der Waals surface area contributed by atoms with E-state index in [1.807, 2.05) is 13.8 Å². The van der Waals surface area contributed by atoms with Gasteiger partial charge in [0, 0.05) is 29.4 Å². The van der Waals surface area contributed by atoms with Crippen LogP contribution in [0, 0.1) is 27.2 Å². The molecule has 10 heteroatoms. The Balaban J connectivity index is 2.37. The Hall–Kier alpha value is -3.53. The smallest absolute Gasteiger partial charge is 0.279 e. The first-order valence-corrected chi connectivity index (χ1v) is 8.96. The molecule has 0 unspecified atom stereocenters. The van der Waals surface area contributed by atoms with Gasteiger partial charge in [0.1, 0.15) is 5.75 Å². The molecule has 0 aromatic heterocycles. The molecule has 29 heavy (non-hydrogen) atoms. The fourth-order valence-corrected chi connectivity index (χ4v) is 2.89. The number of non-ortho nitro benzene ring substituents is 1. The van der Waals surface area contributed by atoms with Crippen molar-refractivity contribution in [3.8, 4) is 5.75 Å². The first kappa shape index (κ1) is 21.8. The lowest BCUT2D eigenvalue weighted by molar-refractivity contribution is -0.394. The highest BCUT2D eigenvalue weighted by Gasteiger charge is 2.25. The first-order chi connectivity index (χ1) is 13.7. The summed E-state index contributed by atoms with van der Waals surface area (Å²) in [4.78, 5) is 35.5. The maximum atomic E-state index is 12.7. The molecular formula is C19H22N4O6. The quantitative estimate of drug-likeness (QED) is 0.390. The van der Waals surface area contributed by atoms with Crippen LogP contribution in [0.3, 0.4) is 0 Å². The van der Waals surface area contributed by atoms with E-state index in [4.69, 9.17) is 0 Å². The minimum absolute atomic E-state index is 0.0280. The third-order valence-electron chi connectivity index (χ3n) is 4.64. The molecule has 0 bridgehead atoms. The van der Waals surface area contributed by atoms with Gasteiger partial charge < -0.3 is 10.4 Å². The van der Waals surface area contributed by atoms with Crippen LogP contribution in [0.4, 0.5) is 17.1 Å². The molecule has 2 N–H and O–H groups in total. The molecule has 0 heterocycles. The van der Waals surface area contributed by atoms with E-state index in [0.29, 0.717) is 17.8 Å². The number of nitrogens with zero attached hydrogens (tertiary/aromatic N) is 3. The van der Waals surface area contributed by atoms with Crippen molar-refractivity contribution in [2.75, 3.05) is 18.4 Å². The lowest BCUT2D eigenvalue weighted by Crippen LogP contribution is -2.22. The van der Waals surface area contributed by atoms with E-state index >= 15 is 0 Å². The molecular weight excluding hydrogens is 380 g/mol. The molecule has 0 aliphatic carbocycles. The van der Waals surface area contributed by atoms with Crippen molar-refractivity contribution in [3.63, 3.8) is 0 Å². The molecule has 0 aliphatic heterocycles. The van der Waals surface area contributed by atoms with Gasteiger partial charge in [0.2, 0.25) is 0 Å². The minimum atomic E-state index is -0.786. The van der Waals surface area contributed by atoms with E-state index in [1.165, 1.54) is 19.1 Å². The van der Waals surface area contributed by atoms with Crippen molar-refractivity contribution < 1.29 is 19.7 Å². The highest BCUT2D eigenvalue weighted by molar-refractivity contribution is 6.06. The van der Waals surface area contributed by atoms with Gasteiger partial charge in [0.05, 0.1) is 21.5 Å². The van der Waals surface area contributed by atoms with Crippen LogP contribution in [0.25, 0.3) is 0 Å². The number of hydrogen-bond donors (Lipinski definition) is 2. The molecule has 10 nitrogen and oxygen atoms in total. The SMILES string of the molecule is CCN(CC)Cc1cc(NC(=O)c2cc([N+](=O)[O-])cc([N+](=O)[O-])c2C)ccc1O. The molecule has 0 atom stereocenters. The average Bonchev–Trinajstić information content (AvgIpc) is 2.67. The van der Waals surface area contributed by atoms with Gasteiger partial charge in [-0.3, -0.25) is 29.9 Å². The average molecular weight is 402 g/mol. The summed E-state index contributed by atoms with van der Waals surface area (Å²) in [5, 5.41) is 34.9. The first-order valence-electron chi connectivity index (χ1n) is 8.96. The van der Waals surface area contributed by atoms with Crippen molar-refractivity contribution in [3.05, 3.63) is 67.3 Å². The summed E-state index contributed by atoms with van der Waals surface area (Å²) < 4.78 is 0. The van der Waals surface area contributed by atoms with E-state index in [0.717, 1.165) is 25.2 Å². The number of nitro groups is 2. The number of carbonyl (C=O) groups excluding carboxylic acids is 1. The summed E-state index contributed by atoms with van der Waals surface area (Å²) in [5.41, 5.74) is -0.209. The maximum Gasteiger partial charge on any atom is 0.279 e. The van der Waals surface area contributed by atoms with E-state index in [-0.39, 0.29) is 16.9 Å². The van der Waals surface area contributed by atoms with E-state index in [1.54, 1.807) is 6.07 Å². The number of amides is 1. The molecule has 0 radical (unpaired) electrons. The summed E-state index contributed by atoms with van der Waals surface area (Å²) in [5.74, 6) is -0.633. The van der Waals surface area contributed by atoms with Crippen molar-refractivity contribution in [2.24, 2.45) is 0 Å². The summed E-state index contributed by atoms with van der Waals surface area (Å²) in [6.07, 6.45) is 0. The van der Waals surface area contributed by atoms with Crippen molar-refractivity contribution in [1.29, 1.82) is 0 Å². The maximum absolute atomic E-state index is 12.7. The van der Waals surface area contributed by atoms with E-state index in [2.05, 4.69) is 10.2 Å². The highest BCUT2D eigenvalue weighted by Crippen LogP contribution is 2.29. The molecule has 0 fully saturated rings. The van der Waals surface area contributed by atoms with Crippen LogP contribution in [-0.4, -0.2) is 38.8 Å². The predicted octanol–water partition coefficient (Wildman–Crippen LogP) is 3.61. The number of benzene rings is 2. The highest BCUT2D eigenvalue weighted by atomic mass is 16.6. The standard InChI is InChI=1S/C19H22N4O6/c1-4-21(5-2)11-13-8-14(6-7-18(13)24)20-19(25)16-9-15(22(26)27)10-17(12(16)3)23(28)29/h6-10,24H,4-5,11H2,1-3H3,(H,20,25). The molecule has 0 aliphatic rings. The van der Waals surface area contributed by atoms with Gasteiger partial charge in [0.25, 0.3) is 17.3 Å². The summed E-state index contributed by atoms with van der Waals surface area (Å²) in [7, 11) is 0. The van der Waals surface area contributed by atoms with Gasteiger partial charge in [0.15, 0.2) is 0 Å². The second-order valence-electron chi connectivity index (χ2n) is 6.41. The molecule has 0 saturated heterocycles. The van der Waals surface area contributed by atoms with Crippen molar-refractivity contribution in [1.82, 2.24) is 4.90 Å². The van der Waals surface area contributed by atoms with Crippen LogP contribution in [0.2, 0.25) is 0 Å². The van der Waals surface area contributed by atoms with Crippen molar-refractivity contribution in [2.45, 2.75) is 27.3 Å². The number of phenols is 1. The monoisotopic (exact) mass is 402 g/mol. The Kier molecular flexibility index (Phi) is 6.84. The number of hydrogen-bond acceptors (Lipinski definition) is 7. The zero-order valence-corrected chi connectivity index (χ0v) is 16.3.